The van der Waals surface area contributed by atoms with Gasteiger partial charge in [0.2, 0.25) is 5.91 Å². The number of carbonyl (C=O) groups is 1. The van der Waals surface area contributed by atoms with E-state index >= 15 is 0 Å². The van der Waals surface area contributed by atoms with Gasteiger partial charge < -0.3 is 14.4 Å². The van der Waals surface area contributed by atoms with Crippen LogP contribution < -0.4 is 4.90 Å². The second-order valence-corrected chi connectivity index (χ2v) is 8.42. The molecule has 1 saturated carbocycles. The molecule has 5 rings (SSSR count). The van der Waals surface area contributed by atoms with Gasteiger partial charge in [0.05, 0.1) is 11.4 Å². The molecule has 0 bridgehead atoms. The zero-order valence-electron chi connectivity index (χ0n) is 16.4. The number of rotatable bonds is 4. The first kappa shape index (κ1) is 17.7. The fourth-order valence-electron chi connectivity index (χ4n) is 5.17. The number of fused-ring (bicyclic) bond motifs is 4. The molecule has 1 amide bonds. The van der Waals surface area contributed by atoms with E-state index in [1.807, 2.05) is 17.2 Å². The molecule has 1 spiro atoms. The van der Waals surface area contributed by atoms with Crippen molar-refractivity contribution in [2.45, 2.75) is 50.7 Å². The predicted molar refractivity (Wildman–Crippen MR) is 106 cm³/mol. The summed E-state index contributed by atoms with van der Waals surface area (Å²) in [4.78, 5) is 22.1. The molecule has 2 aromatic heterocycles. The maximum absolute atomic E-state index is 13.3. The summed E-state index contributed by atoms with van der Waals surface area (Å²) in [6, 6.07) is 8.38. The van der Waals surface area contributed by atoms with Crippen molar-refractivity contribution in [2.24, 2.45) is 5.92 Å². The lowest BCUT2D eigenvalue weighted by Gasteiger charge is -2.47. The number of carbonyl (C=O) groups excluding carboxylic acids is 1. The van der Waals surface area contributed by atoms with Crippen molar-refractivity contribution in [3.63, 3.8) is 0 Å². The summed E-state index contributed by atoms with van der Waals surface area (Å²) >= 11 is 0. The first-order chi connectivity index (χ1) is 13.6. The summed E-state index contributed by atoms with van der Waals surface area (Å²) in [6.45, 7) is 4.55. The Kier molecular flexibility index (Phi) is 4.18. The molecule has 1 saturated heterocycles. The highest BCUT2D eigenvalue weighted by molar-refractivity contribution is 5.81. The number of anilines is 1. The highest BCUT2D eigenvalue weighted by Gasteiger charge is 2.51. The lowest BCUT2D eigenvalue weighted by atomic mass is 9.82. The van der Waals surface area contributed by atoms with Gasteiger partial charge in [0, 0.05) is 37.9 Å². The summed E-state index contributed by atoms with van der Waals surface area (Å²) in [7, 11) is 0. The van der Waals surface area contributed by atoms with Gasteiger partial charge in [-0.3, -0.25) is 4.79 Å². The SMILES string of the molecule is CCCCN1c2cccnc2-n2cccc2[C@@]12CCN(C(=O)C1CC(F)C1)C2. The molecule has 2 fully saturated rings. The molecule has 148 valence electrons. The fraction of sp³-hybridized carbons (Fsp3) is 0.545. The van der Waals surface area contributed by atoms with E-state index in [1.54, 1.807) is 0 Å². The zero-order chi connectivity index (χ0) is 19.3. The average Bonchev–Trinajstić information content (AvgIpc) is 3.34. The maximum atomic E-state index is 13.3. The molecule has 0 aromatic carbocycles. The first-order valence-electron chi connectivity index (χ1n) is 10.5. The van der Waals surface area contributed by atoms with Crippen LogP contribution in [0, 0.1) is 5.92 Å². The van der Waals surface area contributed by atoms with E-state index in [1.165, 1.54) is 5.69 Å². The molecular formula is C22H27FN4O. The van der Waals surface area contributed by atoms with Crippen molar-refractivity contribution in [3.8, 4) is 5.82 Å². The number of aromatic nitrogens is 2. The third kappa shape index (κ3) is 2.50. The number of likely N-dealkylation sites (tertiary alicyclic amines) is 1. The molecule has 0 radical (unpaired) electrons. The van der Waals surface area contributed by atoms with Gasteiger partial charge in [-0.25, -0.2) is 9.37 Å². The first-order valence-corrected chi connectivity index (χ1v) is 10.5. The zero-order valence-corrected chi connectivity index (χ0v) is 16.4. The summed E-state index contributed by atoms with van der Waals surface area (Å²) in [5.41, 5.74) is 2.12. The lowest BCUT2D eigenvalue weighted by Crippen LogP contribution is -2.53. The van der Waals surface area contributed by atoms with Crippen LogP contribution >= 0.6 is 0 Å². The monoisotopic (exact) mass is 382 g/mol. The molecule has 28 heavy (non-hydrogen) atoms. The van der Waals surface area contributed by atoms with Crippen molar-refractivity contribution in [2.75, 3.05) is 24.5 Å². The van der Waals surface area contributed by atoms with Crippen LogP contribution in [0.15, 0.2) is 36.7 Å². The number of nitrogens with zero attached hydrogens (tertiary/aromatic N) is 4. The van der Waals surface area contributed by atoms with E-state index in [2.05, 4.69) is 45.8 Å². The number of alkyl halides is 1. The van der Waals surface area contributed by atoms with Gasteiger partial charge in [0.15, 0.2) is 5.82 Å². The molecule has 2 aliphatic heterocycles. The van der Waals surface area contributed by atoms with Crippen molar-refractivity contribution in [1.29, 1.82) is 0 Å². The number of hydrogen-bond donors (Lipinski definition) is 0. The molecule has 5 nitrogen and oxygen atoms in total. The van der Waals surface area contributed by atoms with E-state index in [0.717, 1.165) is 43.9 Å². The Labute approximate surface area is 165 Å². The molecule has 1 atom stereocenters. The quantitative estimate of drug-likeness (QED) is 0.810. The Balaban J connectivity index is 1.53. The standard InChI is InChI=1S/C22H27FN4O/c1-2-3-11-27-18-6-4-9-24-20(18)26-10-5-7-19(26)22(27)8-12-25(15-22)21(28)16-13-17(23)14-16/h4-7,9-10,16-17H,2-3,8,11-15H2,1H3/t16?,17?,22-/m0/s1. The van der Waals surface area contributed by atoms with Gasteiger partial charge in [-0.05, 0) is 49.9 Å². The Hall–Kier alpha value is -2.37. The molecular weight excluding hydrogens is 355 g/mol. The van der Waals surface area contributed by atoms with E-state index in [-0.39, 0.29) is 17.4 Å². The Morgan fingerprint density at radius 1 is 1.32 bits per heavy atom. The van der Waals surface area contributed by atoms with Gasteiger partial charge in [-0.2, -0.15) is 0 Å². The number of unbranched alkanes of at least 4 members (excludes halogenated alkanes) is 1. The topological polar surface area (TPSA) is 41.4 Å². The molecule has 6 heteroatoms. The number of hydrogen-bond acceptors (Lipinski definition) is 3. The predicted octanol–water partition coefficient (Wildman–Crippen LogP) is 3.67. The summed E-state index contributed by atoms with van der Waals surface area (Å²) in [6.07, 6.45) is 7.01. The number of amides is 1. The van der Waals surface area contributed by atoms with Crippen molar-refractivity contribution in [1.82, 2.24) is 14.5 Å². The van der Waals surface area contributed by atoms with Gasteiger partial charge >= 0.3 is 0 Å². The summed E-state index contributed by atoms with van der Waals surface area (Å²) in [5.74, 6) is 0.975. The minimum Gasteiger partial charge on any atom is -0.355 e. The average molecular weight is 382 g/mol. The van der Waals surface area contributed by atoms with Crippen LogP contribution in [-0.4, -0.2) is 46.2 Å². The van der Waals surface area contributed by atoms with Crippen molar-refractivity contribution < 1.29 is 9.18 Å². The number of pyridine rings is 1. The van der Waals surface area contributed by atoms with Crippen LogP contribution in [0.2, 0.25) is 0 Å². The van der Waals surface area contributed by atoms with E-state index < -0.39 is 6.17 Å². The number of halogens is 1. The minimum atomic E-state index is -0.795. The second kappa shape index (κ2) is 6.61. The Bertz CT molecular complexity index is 890. The Morgan fingerprint density at radius 3 is 2.96 bits per heavy atom. The largest absolute Gasteiger partial charge is 0.355 e. The van der Waals surface area contributed by atoms with Crippen LogP contribution in [-0.2, 0) is 10.3 Å². The molecule has 0 unspecified atom stereocenters. The smallest absolute Gasteiger partial charge is 0.225 e. The van der Waals surface area contributed by atoms with Crippen molar-refractivity contribution in [3.05, 3.63) is 42.4 Å². The van der Waals surface area contributed by atoms with Crippen LogP contribution in [0.25, 0.3) is 5.82 Å². The molecule has 3 aliphatic rings. The maximum Gasteiger partial charge on any atom is 0.225 e. The van der Waals surface area contributed by atoms with E-state index in [9.17, 15) is 9.18 Å². The lowest BCUT2D eigenvalue weighted by molar-refractivity contribution is -0.139. The van der Waals surface area contributed by atoms with E-state index in [0.29, 0.717) is 19.4 Å². The highest BCUT2D eigenvalue weighted by Crippen LogP contribution is 2.47. The molecule has 4 heterocycles. The van der Waals surface area contributed by atoms with Crippen LogP contribution in [0.3, 0.4) is 0 Å². The summed E-state index contributed by atoms with van der Waals surface area (Å²) in [5, 5.41) is 0. The van der Waals surface area contributed by atoms with Crippen LogP contribution in [0.4, 0.5) is 10.1 Å². The molecule has 0 N–H and O–H groups in total. The van der Waals surface area contributed by atoms with Crippen LogP contribution in [0.5, 0.6) is 0 Å². The fourth-order valence-corrected chi connectivity index (χ4v) is 5.17. The van der Waals surface area contributed by atoms with Crippen molar-refractivity contribution >= 4 is 11.6 Å². The third-order valence-electron chi connectivity index (χ3n) is 6.75. The molecule has 1 aliphatic carbocycles. The Morgan fingerprint density at radius 2 is 2.18 bits per heavy atom. The van der Waals surface area contributed by atoms with E-state index in [4.69, 9.17) is 0 Å². The van der Waals surface area contributed by atoms with Gasteiger partial charge in [-0.1, -0.05) is 13.3 Å². The third-order valence-corrected chi connectivity index (χ3v) is 6.75. The van der Waals surface area contributed by atoms with Gasteiger partial charge in [-0.15, -0.1) is 0 Å². The second-order valence-electron chi connectivity index (χ2n) is 8.42. The summed E-state index contributed by atoms with van der Waals surface area (Å²) < 4.78 is 15.5. The highest BCUT2D eigenvalue weighted by atomic mass is 19.1. The normalized spacial score (nSPS) is 28.2. The van der Waals surface area contributed by atoms with Crippen LogP contribution in [0.1, 0.15) is 44.7 Å². The minimum absolute atomic E-state index is 0.126. The molecule has 2 aromatic rings. The van der Waals surface area contributed by atoms with Gasteiger partial charge in [0.1, 0.15) is 11.7 Å². The van der Waals surface area contributed by atoms with Gasteiger partial charge in [0.25, 0.3) is 0 Å².